The summed E-state index contributed by atoms with van der Waals surface area (Å²) < 4.78 is 0. The van der Waals surface area contributed by atoms with Gasteiger partial charge in [0.1, 0.15) is 0 Å². The Labute approximate surface area is 142 Å². The van der Waals surface area contributed by atoms with Crippen molar-refractivity contribution in [2.75, 3.05) is 19.6 Å². The van der Waals surface area contributed by atoms with Gasteiger partial charge >= 0.3 is 0 Å². The summed E-state index contributed by atoms with van der Waals surface area (Å²) in [5.74, 6) is 0.294. The highest BCUT2D eigenvalue weighted by atomic mass is 35.5. The molecule has 2 aromatic rings. The molecule has 4 nitrogen and oxygen atoms in total. The van der Waals surface area contributed by atoms with Gasteiger partial charge in [-0.3, -0.25) is 9.78 Å². The van der Waals surface area contributed by atoms with Crippen LogP contribution in [0.15, 0.2) is 48.8 Å². The molecule has 23 heavy (non-hydrogen) atoms. The number of benzene rings is 1. The molecule has 1 amide bonds. The van der Waals surface area contributed by atoms with Crippen molar-refractivity contribution in [3.63, 3.8) is 0 Å². The van der Waals surface area contributed by atoms with Gasteiger partial charge in [0, 0.05) is 32.0 Å². The maximum Gasteiger partial charge on any atom is 0.231 e. The lowest BCUT2D eigenvalue weighted by Gasteiger charge is -2.41. The normalized spacial score (nSPS) is 22.5. The number of aromatic nitrogens is 1. The molecule has 2 heterocycles. The summed E-state index contributed by atoms with van der Waals surface area (Å²) in [5, 5.41) is 3.39. The van der Waals surface area contributed by atoms with Crippen LogP contribution in [0.3, 0.4) is 0 Å². The van der Waals surface area contributed by atoms with Crippen LogP contribution < -0.4 is 5.32 Å². The van der Waals surface area contributed by atoms with Crippen molar-refractivity contribution < 1.29 is 4.79 Å². The van der Waals surface area contributed by atoms with E-state index in [2.05, 4.69) is 28.5 Å². The Hall–Kier alpha value is -1.91. The van der Waals surface area contributed by atoms with Gasteiger partial charge in [0.15, 0.2) is 0 Å². The van der Waals surface area contributed by atoms with Crippen molar-refractivity contribution in [1.82, 2.24) is 15.2 Å². The van der Waals surface area contributed by atoms with E-state index in [1.165, 1.54) is 11.1 Å². The molecule has 2 atom stereocenters. The second-order valence-electron chi connectivity index (χ2n) is 5.99. The topological polar surface area (TPSA) is 45.2 Å². The fourth-order valence-electron chi connectivity index (χ4n) is 3.52. The molecule has 5 heteroatoms. The standard InChI is InChI=1S/C18H19N3O.ClH/c22-18(16-10-13-4-1-2-6-15(13)16)21-9-8-20-12-17(21)14-5-3-7-19-11-14;/h1-7,11,16-17,20H,8-10,12H2;1H. The minimum atomic E-state index is 0. The number of hydrogen-bond acceptors (Lipinski definition) is 3. The van der Waals surface area contributed by atoms with Crippen molar-refractivity contribution in [2.45, 2.75) is 18.4 Å². The third kappa shape index (κ3) is 2.84. The van der Waals surface area contributed by atoms with Crippen LogP contribution in [0.1, 0.15) is 28.7 Å². The molecule has 1 aliphatic carbocycles. The van der Waals surface area contributed by atoms with Crippen LogP contribution in [0.5, 0.6) is 0 Å². The number of halogens is 1. The van der Waals surface area contributed by atoms with E-state index in [0.717, 1.165) is 31.6 Å². The molecule has 1 aromatic carbocycles. The molecule has 1 aliphatic heterocycles. The van der Waals surface area contributed by atoms with Gasteiger partial charge in [0.2, 0.25) is 5.91 Å². The maximum atomic E-state index is 13.0. The number of piperazine rings is 1. The van der Waals surface area contributed by atoms with E-state index in [0.29, 0.717) is 0 Å². The Kier molecular flexibility index (Phi) is 4.64. The molecular formula is C18H20ClN3O. The summed E-state index contributed by atoms with van der Waals surface area (Å²) in [4.78, 5) is 19.2. The SMILES string of the molecule is Cl.O=C(C1Cc2ccccc21)N1CCNCC1c1cccnc1. The van der Waals surface area contributed by atoms with Gasteiger partial charge < -0.3 is 10.2 Å². The molecule has 120 valence electrons. The lowest BCUT2D eigenvalue weighted by molar-refractivity contribution is -0.136. The number of hydrogen-bond donors (Lipinski definition) is 1. The average molecular weight is 330 g/mol. The molecule has 0 spiro atoms. The van der Waals surface area contributed by atoms with Gasteiger partial charge in [-0.2, -0.15) is 0 Å². The summed E-state index contributed by atoms with van der Waals surface area (Å²) in [7, 11) is 0. The molecule has 1 fully saturated rings. The first-order chi connectivity index (χ1) is 10.8. The Morgan fingerprint density at radius 2 is 2.09 bits per heavy atom. The molecule has 1 N–H and O–H groups in total. The van der Waals surface area contributed by atoms with Gasteiger partial charge in [-0.05, 0) is 29.2 Å². The highest BCUT2D eigenvalue weighted by Gasteiger charge is 2.38. The molecule has 2 unspecified atom stereocenters. The predicted octanol–water partition coefficient (Wildman–Crippen LogP) is 2.32. The van der Waals surface area contributed by atoms with Crippen molar-refractivity contribution in [1.29, 1.82) is 0 Å². The molecule has 0 saturated carbocycles. The van der Waals surface area contributed by atoms with Crippen molar-refractivity contribution in [3.05, 3.63) is 65.5 Å². The molecule has 1 aromatic heterocycles. The lowest BCUT2D eigenvalue weighted by atomic mass is 9.76. The van der Waals surface area contributed by atoms with Crippen molar-refractivity contribution >= 4 is 18.3 Å². The van der Waals surface area contributed by atoms with Gasteiger partial charge in [-0.1, -0.05) is 30.3 Å². The highest BCUT2D eigenvalue weighted by Crippen LogP contribution is 2.38. The van der Waals surface area contributed by atoms with E-state index in [1.807, 2.05) is 29.3 Å². The van der Waals surface area contributed by atoms with E-state index in [9.17, 15) is 4.79 Å². The van der Waals surface area contributed by atoms with Crippen LogP contribution in [-0.2, 0) is 11.2 Å². The number of nitrogens with one attached hydrogen (secondary N) is 1. The maximum absolute atomic E-state index is 13.0. The number of amides is 1. The van der Waals surface area contributed by atoms with E-state index in [4.69, 9.17) is 0 Å². The molecular weight excluding hydrogens is 310 g/mol. The quantitative estimate of drug-likeness (QED) is 0.919. The van der Waals surface area contributed by atoms with E-state index >= 15 is 0 Å². The highest BCUT2D eigenvalue weighted by molar-refractivity contribution is 5.87. The van der Waals surface area contributed by atoms with Gasteiger partial charge in [0.25, 0.3) is 0 Å². The first kappa shape index (κ1) is 16.0. The zero-order valence-electron chi connectivity index (χ0n) is 12.8. The Balaban J connectivity index is 0.00000156. The second-order valence-corrected chi connectivity index (χ2v) is 5.99. The molecule has 2 aliphatic rings. The van der Waals surface area contributed by atoms with Gasteiger partial charge in [-0.15, -0.1) is 12.4 Å². The summed E-state index contributed by atoms with van der Waals surface area (Å²) >= 11 is 0. The summed E-state index contributed by atoms with van der Waals surface area (Å²) in [5.41, 5.74) is 3.63. The number of nitrogens with zero attached hydrogens (tertiary/aromatic N) is 2. The first-order valence-corrected chi connectivity index (χ1v) is 7.83. The number of carbonyl (C=O) groups excluding carboxylic acids is 1. The summed E-state index contributed by atoms with van der Waals surface area (Å²) in [6.45, 7) is 2.42. The minimum absolute atomic E-state index is 0. The number of carbonyl (C=O) groups is 1. The largest absolute Gasteiger partial charge is 0.332 e. The smallest absolute Gasteiger partial charge is 0.231 e. The number of pyridine rings is 1. The van der Waals surface area contributed by atoms with E-state index in [-0.39, 0.29) is 30.3 Å². The summed E-state index contributed by atoms with van der Waals surface area (Å²) in [6.07, 6.45) is 4.51. The van der Waals surface area contributed by atoms with Crippen LogP contribution >= 0.6 is 12.4 Å². The van der Waals surface area contributed by atoms with Gasteiger partial charge in [-0.25, -0.2) is 0 Å². The Morgan fingerprint density at radius 1 is 1.22 bits per heavy atom. The third-order valence-electron chi connectivity index (χ3n) is 4.75. The Morgan fingerprint density at radius 3 is 2.87 bits per heavy atom. The second kappa shape index (κ2) is 6.69. The molecule has 0 bridgehead atoms. The van der Waals surface area contributed by atoms with Crippen LogP contribution in [0.4, 0.5) is 0 Å². The molecule has 1 saturated heterocycles. The zero-order chi connectivity index (χ0) is 14.9. The van der Waals surface area contributed by atoms with E-state index < -0.39 is 0 Å². The molecule has 4 rings (SSSR count). The lowest BCUT2D eigenvalue weighted by Crippen LogP contribution is -2.51. The van der Waals surface area contributed by atoms with E-state index in [1.54, 1.807) is 6.20 Å². The fourth-order valence-corrected chi connectivity index (χ4v) is 3.52. The zero-order valence-corrected chi connectivity index (χ0v) is 13.6. The first-order valence-electron chi connectivity index (χ1n) is 7.83. The average Bonchev–Trinajstić information content (AvgIpc) is 2.57. The van der Waals surface area contributed by atoms with Crippen molar-refractivity contribution in [3.8, 4) is 0 Å². The van der Waals surface area contributed by atoms with Crippen molar-refractivity contribution in [2.24, 2.45) is 0 Å². The van der Waals surface area contributed by atoms with Crippen LogP contribution in [0.25, 0.3) is 0 Å². The number of rotatable bonds is 2. The number of fused-ring (bicyclic) bond motifs is 1. The fraction of sp³-hybridized carbons (Fsp3) is 0.333. The Bertz CT molecular complexity index is 692. The van der Waals surface area contributed by atoms with Crippen LogP contribution in [-0.4, -0.2) is 35.4 Å². The third-order valence-corrected chi connectivity index (χ3v) is 4.75. The van der Waals surface area contributed by atoms with Crippen LogP contribution in [0, 0.1) is 0 Å². The minimum Gasteiger partial charge on any atom is -0.332 e. The monoisotopic (exact) mass is 329 g/mol. The molecule has 0 radical (unpaired) electrons. The predicted molar refractivity (Wildman–Crippen MR) is 91.7 cm³/mol. The van der Waals surface area contributed by atoms with Crippen LogP contribution in [0.2, 0.25) is 0 Å². The summed E-state index contributed by atoms with van der Waals surface area (Å²) in [6, 6.07) is 12.4. The van der Waals surface area contributed by atoms with Gasteiger partial charge in [0.05, 0.1) is 12.0 Å².